The van der Waals surface area contributed by atoms with Gasteiger partial charge in [-0.15, -0.1) is 0 Å². The van der Waals surface area contributed by atoms with Crippen LogP contribution in [0.15, 0.2) is 96.8 Å². The number of carbonyl (C=O) groups excluding carboxylic acids is 2. The van der Waals surface area contributed by atoms with E-state index in [1.165, 1.54) is 4.90 Å². The molecule has 2 heterocycles. The van der Waals surface area contributed by atoms with E-state index < -0.39 is 17.7 Å². The van der Waals surface area contributed by atoms with Crippen molar-refractivity contribution in [3.63, 3.8) is 0 Å². The van der Waals surface area contributed by atoms with E-state index in [1.54, 1.807) is 37.7 Å². The van der Waals surface area contributed by atoms with E-state index in [0.29, 0.717) is 5.56 Å². The van der Waals surface area contributed by atoms with Crippen LogP contribution in [0.4, 0.5) is 0 Å². The largest absolute Gasteiger partial charge is 0.507 e. The van der Waals surface area contributed by atoms with Crippen LogP contribution in [0.25, 0.3) is 16.5 Å². The van der Waals surface area contributed by atoms with Gasteiger partial charge in [0, 0.05) is 24.5 Å². The molecule has 168 valence electrons. The summed E-state index contributed by atoms with van der Waals surface area (Å²) in [7, 11) is 1.61. The number of hydrogen-bond donors (Lipinski definition) is 1. The van der Waals surface area contributed by atoms with Crippen LogP contribution in [0.5, 0.6) is 5.75 Å². The molecule has 1 aliphatic heterocycles. The van der Waals surface area contributed by atoms with Crippen LogP contribution in [-0.2, 0) is 16.1 Å². The number of ether oxygens (including phenoxy) is 1. The highest BCUT2D eigenvalue weighted by atomic mass is 16.5. The van der Waals surface area contributed by atoms with Gasteiger partial charge in [0.1, 0.15) is 11.5 Å². The number of benzene rings is 3. The predicted octanol–water partition coefficient (Wildman–Crippen LogP) is 4.87. The maximum Gasteiger partial charge on any atom is 0.295 e. The van der Waals surface area contributed by atoms with Gasteiger partial charge in [-0.2, -0.15) is 0 Å². The van der Waals surface area contributed by atoms with Gasteiger partial charge in [0.05, 0.1) is 18.7 Å². The standard InChI is InChI=1S/C28H22N2O4/c1-34-23-12-11-20-14-22(10-9-21(20)15-23)26(31)24-25(19-7-3-2-4-8-19)30(28(33)27(24)32)17-18-6-5-13-29-16-18/h2-16,25,31H,17H2,1H3/b26-24+. The molecule has 6 nitrogen and oxygen atoms in total. The van der Waals surface area contributed by atoms with E-state index in [1.807, 2.05) is 60.7 Å². The molecule has 1 saturated heterocycles. The lowest BCUT2D eigenvalue weighted by Gasteiger charge is -2.25. The summed E-state index contributed by atoms with van der Waals surface area (Å²) in [5.74, 6) is -0.817. The topological polar surface area (TPSA) is 79.7 Å². The summed E-state index contributed by atoms with van der Waals surface area (Å²) in [6.45, 7) is 0.201. The zero-order chi connectivity index (χ0) is 23.7. The third-order valence-corrected chi connectivity index (χ3v) is 6.05. The van der Waals surface area contributed by atoms with Crippen molar-refractivity contribution in [3.8, 4) is 5.75 Å². The zero-order valence-electron chi connectivity index (χ0n) is 18.5. The Bertz CT molecular complexity index is 1410. The fourth-order valence-electron chi connectivity index (χ4n) is 4.37. The highest BCUT2D eigenvalue weighted by molar-refractivity contribution is 6.46. The van der Waals surface area contributed by atoms with Gasteiger partial charge < -0.3 is 14.7 Å². The van der Waals surface area contributed by atoms with E-state index in [-0.39, 0.29) is 17.9 Å². The molecule has 0 spiro atoms. The predicted molar refractivity (Wildman–Crippen MR) is 129 cm³/mol. The Morgan fingerprint density at radius 3 is 2.47 bits per heavy atom. The van der Waals surface area contributed by atoms with Crippen molar-refractivity contribution in [1.29, 1.82) is 0 Å². The first-order valence-corrected chi connectivity index (χ1v) is 10.9. The van der Waals surface area contributed by atoms with E-state index in [4.69, 9.17) is 4.74 Å². The zero-order valence-corrected chi connectivity index (χ0v) is 18.5. The van der Waals surface area contributed by atoms with Crippen LogP contribution in [0.3, 0.4) is 0 Å². The molecule has 1 amide bonds. The number of carbonyl (C=O) groups is 2. The lowest BCUT2D eigenvalue weighted by atomic mass is 9.94. The van der Waals surface area contributed by atoms with Gasteiger partial charge in [0.2, 0.25) is 0 Å². The molecule has 1 aromatic heterocycles. The minimum Gasteiger partial charge on any atom is -0.507 e. The molecule has 0 radical (unpaired) electrons. The smallest absolute Gasteiger partial charge is 0.295 e. The summed E-state index contributed by atoms with van der Waals surface area (Å²) in [5.41, 5.74) is 2.09. The molecule has 1 fully saturated rings. The van der Waals surface area contributed by atoms with E-state index in [2.05, 4.69) is 4.98 Å². The summed E-state index contributed by atoms with van der Waals surface area (Å²) < 4.78 is 5.28. The summed E-state index contributed by atoms with van der Waals surface area (Å²) in [6, 6.07) is 23.2. The Morgan fingerprint density at radius 2 is 1.74 bits per heavy atom. The second-order valence-electron chi connectivity index (χ2n) is 8.13. The Kier molecular flexibility index (Phi) is 5.55. The minimum absolute atomic E-state index is 0.0768. The average molecular weight is 450 g/mol. The molecule has 1 N–H and O–H groups in total. The Balaban J connectivity index is 1.63. The quantitative estimate of drug-likeness (QED) is 0.267. The molecule has 1 atom stereocenters. The Hall–Kier alpha value is -4.45. The Labute approximate surface area is 196 Å². The van der Waals surface area contributed by atoms with E-state index in [0.717, 1.165) is 27.6 Å². The number of aliphatic hydroxyl groups is 1. The summed E-state index contributed by atoms with van der Waals surface area (Å²) in [6.07, 6.45) is 3.32. The first-order valence-electron chi connectivity index (χ1n) is 10.9. The van der Waals surface area contributed by atoms with Gasteiger partial charge in [0.25, 0.3) is 11.7 Å². The summed E-state index contributed by atoms with van der Waals surface area (Å²) in [5, 5.41) is 13.1. The fraction of sp³-hybridized carbons (Fsp3) is 0.107. The molecule has 1 aliphatic rings. The number of likely N-dealkylation sites (tertiary alicyclic amines) is 1. The molecule has 4 aromatic rings. The molecule has 34 heavy (non-hydrogen) atoms. The molecule has 6 heteroatoms. The summed E-state index contributed by atoms with van der Waals surface area (Å²) >= 11 is 0. The first-order chi connectivity index (χ1) is 16.6. The molecule has 0 aliphatic carbocycles. The third-order valence-electron chi connectivity index (χ3n) is 6.05. The number of nitrogens with zero attached hydrogens (tertiary/aromatic N) is 2. The van der Waals surface area contributed by atoms with Gasteiger partial charge >= 0.3 is 0 Å². The van der Waals surface area contributed by atoms with Crippen LogP contribution in [0, 0.1) is 0 Å². The van der Waals surface area contributed by atoms with Crippen molar-refractivity contribution in [2.75, 3.05) is 7.11 Å². The lowest BCUT2D eigenvalue weighted by Crippen LogP contribution is -2.29. The maximum absolute atomic E-state index is 13.2. The molecule has 3 aromatic carbocycles. The molecule has 5 rings (SSSR count). The van der Waals surface area contributed by atoms with E-state index >= 15 is 0 Å². The SMILES string of the molecule is COc1ccc2cc(/C(O)=C3\C(=O)C(=O)N(Cc4cccnc4)C3c3ccccc3)ccc2c1. The Morgan fingerprint density at radius 1 is 0.971 bits per heavy atom. The first kappa shape index (κ1) is 21.4. The average Bonchev–Trinajstić information content (AvgIpc) is 3.13. The molecule has 1 unspecified atom stereocenters. The number of ketones is 1. The van der Waals surface area contributed by atoms with Crippen LogP contribution in [0.2, 0.25) is 0 Å². The highest BCUT2D eigenvalue weighted by Crippen LogP contribution is 2.40. The van der Waals surface area contributed by atoms with Crippen molar-refractivity contribution < 1.29 is 19.4 Å². The third kappa shape index (κ3) is 3.79. The highest BCUT2D eigenvalue weighted by Gasteiger charge is 2.46. The number of hydrogen-bond acceptors (Lipinski definition) is 5. The van der Waals surface area contributed by atoms with Crippen LogP contribution < -0.4 is 4.74 Å². The van der Waals surface area contributed by atoms with Crippen LogP contribution in [0.1, 0.15) is 22.7 Å². The number of Topliss-reactive ketones (excluding diaryl/α,β-unsaturated/α-hetero) is 1. The minimum atomic E-state index is -0.715. The number of amides is 1. The molecule has 0 saturated carbocycles. The second kappa shape index (κ2) is 8.83. The van der Waals surface area contributed by atoms with Gasteiger partial charge in [-0.1, -0.05) is 54.6 Å². The van der Waals surface area contributed by atoms with Crippen LogP contribution >= 0.6 is 0 Å². The van der Waals surface area contributed by atoms with Gasteiger partial charge in [0.15, 0.2) is 0 Å². The number of aliphatic hydroxyl groups excluding tert-OH is 1. The summed E-state index contributed by atoms with van der Waals surface area (Å²) in [4.78, 5) is 31.9. The molecular formula is C28H22N2O4. The normalized spacial score (nSPS) is 17.3. The second-order valence-corrected chi connectivity index (χ2v) is 8.13. The van der Waals surface area contributed by atoms with Crippen molar-refractivity contribution in [1.82, 2.24) is 9.88 Å². The number of fused-ring (bicyclic) bond motifs is 1. The van der Waals surface area contributed by atoms with Crippen LogP contribution in [-0.4, -0.2) is 33.8 Å². The van der Waals surface area contributed by atoms with Crippen molar-refractivity contribution in [3.05, 3.63) is 114 Å². The van der Waals surface area contributed by atoms with Gasteiger partial charge in [-0.3, -0.25) is 14.6 Å². The number of pyridine rings is 1. The van der Waals surface area contributed by atoms with Gasteiger partial charge in [-0.05, 0) is 46.2 Å². The maximum atomic E-state index is 13.2. The number of aromatic nitrogens is 1. The van der Waals surface area contributed by atoms with E-state index in [9.17, 15) is 14.7 Å². The lowest BCUT2D eigenvalue weighted by molar-refractivity contribution is -0.140. The number of methoxy groups -OCH3 is 1. The van der Waals surface area contributed by atoms with Crippen molar-refractivity contribution in [2.24, 2.45) is 0 Å². The fourth-order valence-corrected chi connectivity index (χ4v) is 4.37. The van der Waals surface area contributed by atoms with Crippen molar-refractivity contribution in [2.45, 2.75) is 12.6 Å². The van der Waals surface area contributed by atoms with Gasteiger partial charge in [-0.25, -0.2) is 0 Å². The number of rotatable bonds is 5. The monoisotopic (exact) mass is 450 g/mol. The molecular weight excluding hydrogens is 428 g/mol. The molecule has 0 bridgehead atoms. The van der Waals surface area contributed by atoms with Crippen molar-refractivity contribution >= 4 is 28.2 Å².